The standard InChI is InChI=1S/C21H20ClNO5/c1-23-7-6-12(17(27)10-23)19-14(24)8-15(25)20-16(26)9-18(28-21(19)20)11-4-2-3-5-13(11)22/h2-5,8-9,12,17,24-25,27H,6-7,10H2,1H3/t12-,17+/m0/s1/i8D. The van der Waals surface area contributed by atoms with Crippen molar-refractivity contribution in [3.05, 3.63) is 57.2 Å². The average molecular weight is 403 g/mol. The minimum atomic E-state index is -0.832. The second-order valence-corrected chi connectivity index (χ2v) is 7.53. The van der Waals surface area contributed by atoms with E-state index in [1.54, 1.807) is 24.3 Å². The van der Waals surface area contributed by atoms with Gasteiger partial charge in [-0.3, -0.25) is 4.79 Å². The summed E-state index contributed by atoms with van der Waals surface area (Å²) in [5, 5.41) is 31.8. The van der Waals surface area contributed by atoms with E-state index in [1.807, 2.05) is 11.9 Å². The Balaban J connectivity index is 2.04. The number of likely N-dealkylation sites (tertiary alicyclic amines) is 1. The molecule has 28 heavy (non-hydrogen) atoms. The minimum Gasteiger partial charge on any atom is -0.507 e. The van der Waals surface area contributed by atoms with E-state index < -0.39 is 35.0 Å². The van der Waals surface area contributed by atoms with Crippen molar-refractivity contribution in [1.82, 2.24) is 4.90 Å². The summed E-state index contributed by atoms with van der Waals surface area (Å²) >= 11 is 6.24. The lowest BCUT2D eigenvalue weighted by Crippen LogP contribution is -2.40. The number of benzene rings is 2. The Kier molecular flexibility index (Phi) is 4.47. The molecule has 0 bridgehead atoms. The fourth-order valence-electron chi connectivity index (χ4n) is 3.82. The number of aliphatic hydroxyl groups is 1. The molecular weight excluding hydrogens is 382 g/mol. The quantitative estimate of drug-likeness (QED) is 0.609. The summed E-state index contributed by atoms with van der Waals surface area (Å²) in [6.07, 6.45) is -0.342. The summed E-state index contributed by atoms with van der Waals surface area (Å²) in [5.74, 6) is -1.53. The number of rotatable bonds is 2. The van der Waals surface area contributed by atoms with E-state index in [1.165, 1.54) is 6.07 Å². The molecular formula is C21H20ClNO5. The first-order valence-corrected chi connectivity index (χ1v) is 9.31. The van der Waals surface area contributed by atoms with Crippen molar-refractivity contribution in [3.8, 4) is 22.8 Å². The maximum atomic E-state index is 12.8. The highest BCUT2D eigenvalue weighted by Gasteiger charge is 2.33. The van der Waals surface area contributed by atoms with E-state index in [-0.39, 0.29) is 22.3 Å². The number of β-amino-alcohol motifs (C(OH)–C–C–N with tert-alkyl or cyclic N) is 1. The second-order valence-electron chi connectivity index (χ2n) is 7.12. The lowest BCUT2D eigenvalue weighted by molar-refractivity contribution is 0.0630. The van der Waals surface area contributed by atoms with Crippen LogP contribution in [0.3, 0.4) is 0 Å². The predicted octanol–water partition coefficient (Wildman–Crippen LogP) is 3.30. The lowest BCUT2D eigenvalue weighted by atomic mass is 9.85. The number of halogens is 1. The van der Waals surface area contributed by atoms with Crippen LogP contribution in [-0.4, -0.2) is 46.5 Å². The number of nitrogens with zero attached hydrogens (tertiary/aromatic N) is 1. The fraction of sp³-hybridized carbons (Fsp3) is 0.286. The topological polar surface area (TPSA) is 94.1 Å². The van der Waals surface area contributed by atoms with Gasteiger partial charge in [-0.25, -0.2) is 0 Å². The van der Waals surface area contributed by atoms with Gasteiger partial charge in [0.1, 0.15) is 28.2 Å². The van der Waals surface area contributed by atoms with Gasteiger partial charge in [-0.15, -0.1) is 0 Å². The van der Waals surface area contributed by atoms with Crippen LogP contribution in [0.1, 0.15) is 19.3 Å². The Morgan fingerprint density at radius 2 is 2.04 bits per heavy atom. The average Bonchev–Trinajstić information content (AvgIpc) is 2.67. The Morgan fingerprint density at radius 3 is 2.75 bits per heavy atom. The molecule has 1 aromatic heterocycles. The molecule has 0 spiro atoms. The van der Waals surface area contributed by atoms with Crippen molar-refractivity contribution < 1.29 is 21.1 Å². The number of aromatic hydroxyl groups is 2. The molecule has 2 aromatic carbocycles. The van der Waals surface area contributed by atoms with Gasteiger partial charge in [0, 0.05) is 35.7 Å². The highest BCUT2D eigenvalue weighted by atomic mass is 35.5. The van der Waals surface area contributed by atoms with Crippen molar-refractivity contribution in [2.45, 2.75) is 18.4 Å². The first-order valence-electron chi connectivity index (χ1n) is 9.43. The van der Waals surface area contributed by atoms with Gasteiger partial charge in [-0.05, 0) is 32.1 Å². The molecule has 4 rings (SSSR count). The van der Waals surface area contributed by atoms with E-state index in [0.29, 0.717) is 30.1 Å². The number of likely N-dealkylation sites (N-methyl/N-ethyl adjacent to an activating group) is 1. The molecule has 0 aliphatic carbocycles. The zero-order chi connectivity index (χ0) is 20.9. The van der Waals surface area contributed by atoms with E-state index >= 15 is 0 Å². The largest absolute Gasteiger partial charge is 0.507 e. The molecule has 7 heteroatoms. The number of hydrogen-bond acceptors (Lipinski definition) is 6. The molecule has 146 valence electrons. The smallest absolute Gasteiger partial charge is 0.197 e. The van der Waals surface area contributed by atoms with Crippen LogP contribution in [0.5, 0.6) is 11.5 Å². The number of phenols is 2. The minimum absolute atomic E-state index is 0.0352. The van der Waals surface area contributed by atoms with E-state index in [0.717, 1.165) is 0 Å². The van der Waals surface area contributed by atoms with Crippen LogP contribution in [-0.2, 0) is 0 Å². The lowest BCUT2D eigenvalue weighted by Gasteiger charge is -2.34. The molecule has 0 unspecified atom stereocenters. The van der Waals surface area contributed by atoms with Gasteiger partial charge < -0.3 is 24.6 Å². The van der Waals surface area contributed by atoms with E-state index in [9.17, 15) is 20.1 Å². The first kappa shape index (κ1) is 17.6. The summed E-state index contributed by atoms with van der Waals surface area (Å²) in [6.45, 7) is 1.03. The third-order valence-electron chi connectivity index (χ3n) is 5.22. The van der Waals surface area contributed by atoms with Crippen LogP contribution >= 0.6 is 11.6 Å². The van der Waals surface area contributed by atoms with E-state index in [4.69, 9.17) is 17.4 Å². The molecule has 1 saturated heterocycles. The van der Waals surface area contributed by atoms with Crippen LogP contribution in [0.15, 0.2) is 45.6 Å². The number of fused-ring (bicyclic) bond motifs is 1. The fourth-order valence-corrected chi connectivity index (χ4v) is 4.05. The normalized spacial score (nSPS) is 21.0. The van der Waals surface area contributed by atoms with Crippen LogP contribution in [0, 0.1) is 0 Å². The summed E-state index contributed by atoms with van der Waals surface area (Å²) in [4.78, 5) is 14.8. The monoisotopic (exact) mass is 402 g/mol. The number of hydrogen-bond donors (Lipinski definition) is 3. The molecule has 6 nitrogen and oxygen atoms in total. The van der Waals surface area contributed by atoms with Gasteiger partial charge in [0.2, 0.25) is 0 Å². The Bertz CT molecular complexity index is 1160. The zero-order valence-electron chi connectivity index (χ0n) is 16.1. The van der Waals surface area contributed by atoms with Crippen LogP contribution in [0.2, 0.25) is 5.02 Å². The van der Waals surface area contributed by atoms with Gasteiger partial charge in [0.25, 0.3) is 0 Å². The molecule has 0 radical (unpaired) electrons. The first-order chi connectivity index (χ1) is 13.8. The molecule has 2 heterocycles. The molecule has 0 amide bonds. The van der Waals surface area contributed by atoms with Crippen molar-refractivity contribution in [2.75, 3.05) is 20.1 Å². The van der Waals surface area contributed by atoms with Gasteiger partial charge >= 0.3 is 0 Å². The zero-order valence-corrected chi connectivity index (χ0v) is 15.9. The van der Waals surface area contributed by atoms with Crippen LogP contribution in [0.4, 0.5) is 0 Å². The van der Waals surface area contributed by atoms with Crippen LogP contribution < -0.4 is 5.43 Å². The maximum Gasteiger partial charge on any atom is 0.197 e. The number of piperidine rings is 1. The van der Waals surface area contributed by atoms with Gasteiger partial charge in [-0.1, -0.05) is 23.7 Å². The molecule has 1 fully saturated rings. The highest BCUT2D eigenvalue weighted by molar-refractivity contribution is 6.33. The van der Waals surface area contributed by atoms with Crippen molar-refractivity contribution in [1.29, 1.82) is 0 Å². The Hall–Kier alpha value is -2.54. The summed E-state index contributed by atoms with van der Waals surface area (Å²) in [7, 11) is 1.87. The summed E-state index contributed by atoms with van der Waals surface area (Å²) in [5.41, 5.74) is 0.0502. The molecule has 3 aromatic rings. The molecule has 2 atom stereocenters. The second kappa shape index (κ2) is 7.13. The van der Waals surface area contributed by atoms with Crippen molar-refractivity contribution in [3.63, 3.8) is 0 Å². The Labute approximate surface area is 167 Å². The summed E-state index contributed by atoms with van der Waals surface area (Å²) < 4.78 is 14.0. The highest BCUT2D eigenvalue weighted by Crippen LogP contribution is 2.42. The van der Waals surface area contributed by atoms with Gasteiger partial charge in [0.05, 0.1) is 12.5 Å². The van der Waals surface area contributed by atoms with Crippen molar-refractivity contribution >= 4 is 22.6 Å². The number of phenolic OH excluding ortho intramolecular Hbond substituents is 2. The Morgan fingerprint density at radius 1 is 1.29 bits per heavy atom. The molecule has 1 aliphatic rings. The van der Waals surface area contributed by atoms with Gasteiger partial charge in [0.15, 0.2) is 5.43 Å². The van der Waals surface area contributed by atoms with Gasteiger partial charge in [-0.2, -0.15) is 0 Å². The van der Waals surface area contributed by atoms with E-state index in [2.05, 4.69) is 0 Å². The molecule has 0 saturated carbocycles. The third-order valence-corrected chi connectivity index (χ3v) is 5.55. The van der Waals surface area contributed by atoms with Crippen LogP contribution in [0.25, 0.3) is 22.3 Å². The summed E-state index contributed by atoms with van der Waals surface area (Å²) in [6, 6.07) is 7.48. The van der Waals surface area contributed by atoms with Crippen molar-refractivity contribution in [2.24, 2.45) is 0 Å². The maximum absolute atomic E-state index is 12.8. The SMILES string of the molecule is [2H]c1c(O)c([C@H]2CCN(C)C[C@H]2O)c2oc(-c3ccccc3Cl)cc(=O)c2c1O. The predicted molar refractivity (Wildman–Crippen MR) is 107 cm³/mol. The number of aliphatic hydroxyl groups excluding tert-OH is 1. The molecule has 3 N–H and O–H groups in total. The molecule has 1 aliphatic heterocycles. The third kappa shape index (κ3) is 3.13.